The number of para-hydroxylation sites is 1. The van der Waals surface area contributed by atoms with Crippen molar-refractivity contribution in [2.45, 2.75) is 12.0 Å². The van der Waals surface area contributed by atoms with Crippen LogP contribution in [0.1, 0.15) is 17.0 Å². The second-order valence-electron chi connectivity index (χ2n) is 7.02. The Morgan fingerprint density at radius 3 is 2.61 bits per heavy atom. The molecule has 0 bridgehead atoms. The lowest BCUT2D eigenvalue weighted by molar-refractivity contribution is 0.0688. The fraction of sp³-hybridized carbons (Fsp3) is 0.208. The summed E-state index contributed by atoms with van der Waals surface area (Å²) < 4.78 is 5.47. The molecule has 3 aromatic rings. The lowest BCUT2D eigenvalue weighted by atomic mass is 9.81. The molecule has 2 aromatic carbocycles. The molecule has 1 aliphatic rings. The van der Waals surface area contributed by atoms with Crippen molar-refractivity contribution in [3.05, 3.63) is 90.8 Å². The van der Waals surface area contributed by atoms with Crippen molar-refractivity contribution in [2.75, 3.05) is 20.3 Å². The number of likely N-dealkylation sites (tertiary alicyclic amines) is 1. The van der Waals surface area contributed by atoms with Crippen molar-refractivity contribution in [1.82, 2.24) is 9.88 Å². The highest BCUT2D eigenvalue weighted by Crippen LogP contribution is 2.40. The normalized spacial score (nSPS) is 18.4. The van der Waals surface area contributed by atoms with E-state index >= 15 is 0 Å². The van der Waals surface area contributed by atoms with Gasteiger partial charge in [0.2, 0.25) is 0 Å². The number of pyridine rings is 1. The highest BCUT2D eigenvalue weighted by molar-refractivity contribution is 5.70. The number of methoxy groups -OCH3 is 1. The lowest BCUT2D eigenvalue weighted by Crippen LogP contribution is -2.54. The minimum atomic E-state index is 0.0322. The van der Waals surface area contributed by atoms with Crippen molar-refractivity contribution in [1.29, 1.82) is 0 Å². The fourth-order valence-electron chi connectivity index (χ4n) is 3.90. The summed E-state index contributed by atoms with van der Waals surface area (Å²) in [6.45, 7) is 5.14. The van der Waals surface area contributed by atoms with Gasteiger partial charge in [-0.1, -0.05) is 49.0 Å². The second kappa shape index (κ2) is 7.87. The first-order chi connectivity index (χ1) is 13.7. The van der Waals surface area contributed by atoms with Gasteiger partial charge in [0, 0.05) is 41.7 Å². The van der Waals surface area contributed by atoms with Crippen LogP contribution in [0.15, 0.2) is 79.6 Å². The van der Waals surface area contributed by atoms with Gasteiger partial charge in [-0.25, -0.2) is 0 Å². The molecule has 142 valence electrons. The molecule has 4 rings (SSSR count). The Bertz CT molecular complexity index is 954. The molecule has 1 saturated heterocycles. The van der Waals surface area contributed by atoms with Crippen LogP contribution in [0.5, 0.6) is 5.75 Å². The highest BCUT2D eigenvalue weighted by Gasteiger charge is 2.40. The van der Waals surface area contributed by atoms with Gasteiger partial charge in [0.15, 0.2) is 0 Å². The molecular formula is C24H24N2O2. The molecule has 0 aliphatic carbocycles. The number of ether oxygens (including phenoxy) is 1. The SMILES string of the molecule is C=C(c1cccnc1)N1CC(c2ccc(-c3ccccc3OC)cc2)C1CO. The van der Waals surface area contributed by atoms with Gasteiger partial charge in [-0.15, -0.1) is 0 Å². The maximum Gasteiger partial charge on any atom is 0.126 e. The summed E-state index contributed by atoms with van der Waals surface area (Å²) in [6, 6.07) is 20.5. The average molecular weight is 372 g/mol. The maximum atomic E-state index is 9.97. The minimum absolute atomic E-state index is 0.0322. The van der Waals surface area contributed by atoms with Crippen LogP contribution in [0.3, 0.4) is 0 Å². The Hall–Kier alpha value is -3.11. The van der Waals surface area contributed by atoms with E-state index < -0.39 is 0 Å². The van der Waals surface area contributed by atoms with Crippen LogP contribution in [0.4, 0.5) is 0 Å². The van der Waals surface area contributed by atoms with Crippen LogP contribution in [0.25, 0.3) is 16.8 Å². The molecular weight excluding hydrogens is 348 g/mol. The molecule has 0 amide bonds. The van der Waals surface area contributed by atoms with Gasteiger partial charge in [-0.05, 0) is 29.3 Å². The van der Waals surface area contributed by atoms with Crippen molar-refractivity contribution < 1.29 is 9.84 Å². The van der Waals surface area contributed by atoms with Gasteiger partial charge in [0.25, 0.3) is 0 Å². The second-order valence-corrected chi connectivity index (χ2v) is 7.02. The minimum Gasteiger partial charge on any atom is -0.496 e. The van der Waals surface area contributed by atoms with E-state index in [2.05, 4.69) is 46.8 Å². The van der Waals surface area contributed by atoms with Gasteiger partial charge in [-0.2, -0.15) is 0 Å². The largest absolute Gasteiger partial charge is 0.496 e. The van der Waals surface area contributed by atoms with Crippen LogP contribution in [-0.4, -0.2) is 41.3 Å². The van der Waals surface area contributed by atoms with E-state index in [0.717, 1.165) is 34.7 Å². The predicted molar refractivity (Wildman–Crippen MR) is 112 cm³/mol. The van der Waals surface area contributed by atoms with Crippen LogP contribution in [-0.2, 0) is 0 Å². The third-order valence-corrected chi connectivity index (χ3v) is 5.54. The van der Waals surface area contributed by atoms with E-state index in [0.29, 0.717) is 0 Å². The Kier molecular flexibility index (Phi) is 5.13. The number of aliphatic hydroxyl groups is 1. The zero-order chi connectivity index (χ0) is 19.5. The number of aliphatic hydroxyl groups excluding tert-OH is 1. The summed E-state index contributed by atoms with van der Waals surface area (Å²) in [4.78, 5) is 6.33. The summed E-state index contributed by atoms with van der Waals surface area (Å²) in [5.74, 6) is 1.15. The van der Waals surface area contributed by atoms with E-state index in [1.807, 2.05) is 36.5 Å². The van der Waals surface area contributed by atoms with E-state index in [1.54, 1.807) is 13.3 Å². The number of hydrogen-bond donors (Lipinski definition) is 1. The predicted octanol–water partition coefficient (Wildman–Crippen LogP) is 4.19. The van der Waals surface area contributed by atoms with Crippen LogP contribution >= 0.6 is 0 Å². The van der Waals surface area contributed by atoms with Crippen molar-refractivity contribution in [3.8, 4) is 16.9 Å². The molecule has 4 heteroatoms. The van der Waals surface area contributed by atoms with E-state index in [9.17, 15) is 5.11 Å². The fourth-order valence-corrected chi connectivity index (χ4v) is 3.90. The van der Waals surface area contributed by atoms with E-state index in [-0.39, 0.29) is 18.6 Å². The standard InChI is InChI=1S/C24H24N2O2/c1-17(20-6-5-13-25-14-20)26-15-22(23(26)16-27)19-11-9-18(10-12-19)21-7-3-4-8-24(21)28-2/h3-14,22-23,27H,1,15-16H2,2H3. The van der Waals surface area contributed by atoms with Gasteiger partial charge >= 0.3 is 0 Å². The van der Waals surface area contributed by atoms with Crippen LogP contribution < -0.4 is 4.74 Å². The summed E-state index contributed by atoms with van der Waals surface area (Å²) in [7, 11) is 1.69. The summed E-state index contributed by atoms with van der Waals surface area (Å²) in [6.07, 6.45) is 3.56. The monoisotopic (exact) mass is 372 g/mol. The number of benzene rings is 2. The molecule has 2 heterocycles. The number of aromatic nitrogens is 1. The van der Waals surface area contributed by atoms with Crippen LogP contribution in [0, 0.1) is 0 Å². The molecule has 1 N–H and O–H groups in total. The van der Waals surface area contributed by atoms with E-state index in [1.165, 1.54) is 5.56 Å². The zero-order valence-electron chi connectivity index (χ0n) is 16.0. The third kappa shape index (κ3) is 3.27. The van der Waals surface area contributed by atoms with Crippen molar-refractivity contribution >= 4 is 5.70 Å². The first kappa shape index (κ1) is 18.3. The average Bonchev–Trinajstić information content (AvgIpc) is 2.74. The van der Waals surface area contributed by atoms with Gasteiger partial charge in [0.05, 0.1) is 19.8 Å². The summed E-state index contributed by atoms with van der Waals surface area (Å²) in [5, 5.41) is 9.97. The smallest absolute Gasteiger partial charge is 0.126 e. The molecule has 2 unspecified atom stereocenters. The molecule has 0 radical (unpaired) electrons. The molecule has 0 saturated carbocycles. The Balaban J connectivity index is 1.52. The summed E-state index contributed by atoms with van der Waals surface area (Å²) >= 11 is 0. The molecule has 28 heavy (non-hydrogen) atoms. The topological polar surface area (TPSA) is 45.6 Å². The van der Waals surface area contributed by atoms with E-state index in [4.69, 9.17) is 4.74 Å². The van der Waals surface area contributed by atoms with Crippen molar-refractivity contribution in [2.24, 2.45) is 0 Å². The number of nitrogens with zero attached hydrogens (tertiary/aromatic N) is 2. The Morgan fingerprint density at radius 1 is 1.14 bits per heavy atom. The third-order valence-electron chi connectivity index (χ3n) is 5.54. The lowest BCUT2D eigenvalue weighted by Gasteiger charge is -2.50. The van der Waals surface area contributed by atoms with Gasteiger partial charge in [-0.3, -0.25) is 4.98 Å². The molecule has 2 atom stereocenters. The molecule has 4 nitrogen and oxygen atoms in total. The quantitative estimate of drug-likeness (QED) is 0.705. The molecule has 1 aromatic heterocycles. The number of rotatable bonds is 6. The molecule has 1 aliphatic heterocycles. The highest BCUT2D eigenvalue weighted by atomic mass is 16.5. The molecule has 0 spiro atoms. The molecule has 1 fully saturated rings. The van der Waals surface area contributed by atoms with Crippen LogP contribution in [0.2, 0.25) is 0 Å². The first-order valence-corrected chi connectivity index (χ1v) is 9.43. The van der Waals surface area contributed by atoms with Gasteiger partial charge < -0.3 is 14.7 Å². The van der Waals surface area contributed by atoms with Crippen molar-refractivity contribution in [3.63, 3.8) is 0 Å². The van der Waals surface area contributed by atoms with Gasteiger partial charge in [0.1, 0.15) is 5.75 Å². The Morgan fingerprint density at radius 2 is 1.93 bits per heavy atom. The first-order valence-electron chi connectivity index (χ1n) is 9.43. The Labute approximate surface area is 165 Å². The summed E-state index contributed by atoms with van der Waals surface area (Å²) in [5.41, 5.74) is 5.33. The zero-order valence-corrected chi connectivity index (χ0v) is 16.0. The number of hydrogen-bond acceptors (Lipinski definition) is 4. The maximum absolute atomic E-state index is 9.97.